The van der Waals surface area contributed by atoms with Gasteiger partial charge in [-0.15, -0.1) is 0 Å². The maximum absolute atomic E-state index is 12.2. The van der Waals surface area contributed by atoms with E-state index in [4.69, 9.17) is 5.73 Å². The third kappa shape index (κ3) is 2.33. The molecule has 1 aliphatic heterocycles. The van der Waals surface area contributed by atoms with Crippen LogP contribution in [0.2, 0.25) is 0 Å². The second-order valence-corrected chi connectivity index (χ2v) is 8.37. The molecule has 0 atom stereocenters. The summed E-state index contributed by atoms with van der Waals surface area (Å²) in [6.45, 7) is 0.240. The summed E-state index contributed by atoms with van der Waals surface area (Å²) in [5.41, 5.74) is 6.68. The summed E-state index contributed by atoms with van der Waals surface area (Å²) >= 11 is 0. The molecule has 0 fully saturated rings. The average molecular weight is 287 g/mol. The lowest BCUT2D eigenvalue weighted by molar-refractivity contribution is 0.596. The zero-order valence-corrected chi connectivity index (χ0v) is 11.4. The van der Waals surface area contributed by atoms with Gasteiger partial charge in [-0.1, -0.05) is 12.1 Å². The van der Waals surface area contributed by atoms with Crippen LogP contribution in [0.4, 0.5) is 0 Å². The van der Waals surface area contributed by atoms with E-state index in [1.807, 2.05) is 0 Å². The Labute approximate surface area is 106 Å². The van der Waals surface area contributed by atoms with Crippen LogP contribution >= 0.6 is 0 Å². The van der Waals surface area contributed by atoms with Crippen molar-refractivity contribution in [2.45, 2.75) is 11.4 Å². The molecule has 0 spiro atoms. The van der Waals surface area contributed by atoms with Gasteiger partial charge in [0.2, 0.25) is 9.84 Å². The minimum Gasteiger partial charge on any atom is -0.326 e. The first kappa shape index (κ1) is 13.3. The number of hydrogen-bond acceptors (Lipinski definition) is 5. The minimum atomic E-state index is -3.69. The second kappa shape index (κ2) is 4.18. The fraction of sp³-hybridized carbons (Fsp3) is 0.273. The highest BCUT2D eigenvalue weighted by Gasteiger charge is 2.31. The molecule has 0 bridgehead atoms. The van der Waals surface area contributed by atoms with Crippen molar-refractivity contribution in [3.8, 4) is 0 Å². The molecular formula is C11H13NO4S2. The molecule has 0 radical (unpaired) electrons. The molecule has 0 saturated heterocycles. The molecule has 7 heteroatoms. The third-order valence-corrected chi connectivity index (χ3v) is 5.57. The van der Waals surface area contributed by atoms with Crippen LogP contribution in [0.3, 0.4) is 0 Å². The van der Waals surface area contributed by atoms with Gasteiger partial charge in [-0.3, -0.25) is 0 Å². The summed E-state index contributed by atoms with van der Waals surface area (Å²) in [4.78, 5) is 0.0678. The molecule has 1 aromatic carbocycles. The largest absolute Gasteiger partial charge is 0.326 e. The standard InChI is InChI=1S/C11H13NO4S2/c1-17(13,14)7-10-5-9-3-2-8(6-12)4-11(9)18(10,15)16/h2-5H,6-7,12H2,1H3. The van der Waals surface area contributed by atoms with Gasteiger partial charge in [0.25, 0.3) is 0 Å². The van der Waals surface area contributed by atoms with Gasteiger partial charge in [0.1, 0.15) is 0 Å². The molecular weight excluding hydrogens is 274 g/mol. The van der Waals surface area contributed by atoms with Gasteiger partial charge in [0.05, 0.1) is 15.6 Å². The summed E-state index contributed by atoms with van der Waals surface area (Å²) in [6.07, 6.45) is 2.42. The first-order chi connectivity index (χ1) is 8.24. The third-order valence-electron chi connectivity index (χ3n) is 2.67. The fourth-order valence-corrected chi connectivity index (χ4v) is 5.00. The van der Waals surface area contributed by atoms with Gasteiger partial charge < -0.3 is 5.73 Å². The van der Waals surface area contributed by atoms with Gasteiger partial charge in [0.15, 0.2) is 9.84 Å². The molecule has 2 N–H and O–H groups in total. The van der Waals surface area contributed by atoms with Crippen LogP contribution in [-0.2, 0) is 26.2 Å². The molecule has 1 aliphatic rings. The molecule has 0 saturated carbocycles. The van der Waals surface area contributed by atoms with Crippen molar-refractivity contribution >= 4 is 25.8 Å². The van der Waals surface area contributed by atoms with Crippen molar-refractivity contribution < 1.29 is 16.8 Å². The normalized spacial score (nSPS) is 17.3. The van der Waals surface area contributed by atoms with Crippen LogP contribution in [0.5, 0.6) is 0 Å². The van der Waals surface area contributed by atoms with E-state index in [0.717, 1.165) is 6.26 Å². The van der Waals surface area contributed by atoms with Gasteiger partial charge in [-0.05, 0) is 23.3 Å². The molecule has 0 aliphatic carbocycles. The Balaban J connectivity index is 2.54. The Hall–Kier alpha value is -1.18. The van der Waals surface area contributed by atoms with E-state index < -0.39 is 25.4 Å². The Bertz CT molecular complexity index is 730. The van der Waals surface area contributed by atoms with Crippen LogP contribution in [-0.4, -0.2) is 28.8 Å². The zero-order chi connectivity index (χ0) is 13.6. The van der Waals surface area contributed by atoms with E-state index in [2.05, 4.69) is 0 Å². The van der Waals surface area contributed by atoms with Crippen molar-refractivity contribution in [1.82, 2.24) is 0 Å². The van der Waals surface area contributed by atoms with E-state index in [1.165, 1.54) is 12.1 Å². The quantitative estimate of drug-likeness (QED) is 0.864. The summed E-state index contributed by atoms with van der Waals surface area (Å²) in [6, 6.07) is 4.87. The van der Waals surface area contributed by atoms with Gasteiger partial charge in [-0.25, -0.2) is 16.8 Å². The molecule has 5 nitrogen and oxygen atoms in total. The predicted molar refractivity (Wildman–Crippen MR) is 69.2 cm³/mol. The van der Waals surface area contributed by atoms with Crippen LogP contribution in [0.25, 0.3) is 6.08 Å². The van der Waals surface area contributed by atoms with Gasteiger partial charge in [-0.2, -0.15) is 0 Å². The number of benzene rings is 1. The lowest BCUT2D eigenvalue weighted by Crippen LogP contribution is -2.11. The molecule has 18 heavy (non-hydrogen) atoms. The molecule has 0 unspecified atom stereocenters. The summed E-state index contributed by atoms with van der Waals surface area (Å²) in [7, 11) is -7.07. The Morgan fingerprint density at radius 1 is 1.28 bits per heavy atom. The van der Waals surface area contributed by atoms with Crippen molar-refractivity contribution in [1.29, 1.82) is 0 Å². The maximum Gasteiger partial charge on any atom is 0.204 e. The summed E-state index contributed by atoms with van der Waals surface area (Å²) in [5.74, 6) is -0.470. The van der Waals surface area contributed by atoms with Gasteiger partial charge in [0, 0.05) is 12.8 Å². The number of sulfone groups is 2. The number of hydrogen-bond donors (Lipinski definition) is 1. The van der Waals surface area contributed by atoms with Crippen LogP contribution in [0.1, 0.15) is 11.1 Å². The molecule has 0 aromatic heterocycles. The lowest BCUT2D eigenvalue weighted by atomic mass is 10.1. The van der Waals surface area contributed by atoms with E-state index in [0.29, 0.717) is 11.1 Å². The molecule has 2 rings (SSSR count). The van der Waals surface area contributed by atoms with Crippen LogP contribution in [0, 0.1) is 0 Å². The number of nitrogens with two attached hydrogens (primary N) is 1. The van der Waals surface area contributed by atoms with E-state index >= 15 is 0 Å². The second-order valence-electron chi connectivity index (χ2n) is 4.26. The smallest absolute Gasteiger partial charge is 0.204 e. The first-order valence-corrected chi connectivity index (χ1v) is 8.75. The van der Waals surface area contributed by atoms with Crippen molar-refractivity contribution in [3.05, 3.63) is 34.2 Å². The SMILES string of the molecule is CS(=O)(=O)CC1=Cc2ccc(CN)cc2S1(=O)=O. The van der Waals surface area contributed by atoms with Crippen molar-refractivity contribution in [2.75, 3.05) is 12.0 Å². The van der Waals surface area contributed by atoms with Gasteiger partial charge >= 0.3 is 0 Å². The highest BCUT2D eigenvalue weighted by Crippen LogP contribution is 2.33. The molecule has 0 amide bonds. The maximum atomic E-state index is 12.2. The summed E-state index contributed by atoms with van der Waals surface area (Å²) in [5, 5.41) is 0. The zero-order valence-electron chi connectivity index (χ0n) is 9.75. The predicted octanol–water partition coefficient (Wildman–Crippen LogP) is 0.318. The summed E-state index contributed by atoms with van der Waals surface area (Å²) < 4.78 is 46.8. The molecule has 98 valence electrons. The monoisotopic (exact) mass is 287 g/mol. The number of rotatable bonds is 3. The molecule has 1 aromatic rings. The highest BCUT2D eigenvalue weighted by atomic mass is 32.2. The Morgan fingerprint density at radius 3 is 2.50 bits per heavy atom. The number of fused-ring (bicyclic) bond motifs is 1. The first-order valence-electron chi connectivity index (χ1n) is 5.20. The van der Waals surface area contributed by atoms with Crippen molar-refractivity contribution in [2.24, 2.45) is 5.73 Å². The minimum absolute atomic E-state index is 0.0748. The topological polar surface area (TPSA) is 94.3 Å². The van der Waals surface area contributed by atoms with Crippen LogP contribution in [0.15, 0.2) is 28.0 Å². The van der Waals surface area contributed by atoms with E-state index in [9.17, 15) is 16.8 Å². The lowest BCUT2D eigenvalue weighted by Gasteiger charge is -2.04. The Morgan fingerprint density at radius 2 is 1.94 bits per heavy atom. The highest BCUT2D eigenvalue weighted by molar-refractivity contribution is 7.98. The van der Waals surface area contributed by atoms with E-state index in [-0.39, 0.29) is 16.3 Å². The fourth-order valence-electron chi connectivity index (χ4n) is 1.83. The Kier molecular flexibility index (Phi) is 3.08. The molecule has 1 heterocycles. The average Bonchev–Trinajstić information content (AvgIpc) is 2.48. The van der Waals surface area contributed by atoms with Crippen LogP contribution < -0.4 is 5.73 Å². The van der Waals surface area contributed by atoms with Crippen molar-refractivity contribution in [3.63, 3.8) is 0 Å². The van der Waals surface area contributed by atoms with E-state index in [1.54, 1.807) is 12.1 Å².